The van der Waals surface area contributed by atoms with Gasteiger partial charge in [-0.15, -0.1) is 11.8 Å². The zero-order chi connectivity index (χ0) is 21.6. The van der Waals surface area contributed by atoms with E-state index < -0.39 is 41.1 Å². The molecule has 0 aromatic heterocycles. The molecule has 0 heterocycles. The number of carboxylic acids is 1. The van der Waals surface area contributed by atoms with Gasteiger partial charge in [0.25, 0.3) is 5.91 Å². The van der Waals surface area contributed by atoms with Gasteiger partial charge in [0.1, 0.15) is 5.82 Å². The van der Waals surface area contributed by atoms with Crippen molar-refractivity contribution in [1.29, 1.82) is 0 Å². The molecule has 2 bridgehead atoms. The van der Waals surface area contributed by atoms with Crippen molar-refractivity contribution in [3.8, 4) is 0 Å². The average Bonchev–Trinajstić information content (AvgIpc) is 2.67. The second kappa shape index (κ2) is 7.94. The van der Waals surface area contributed by atoms with Crippen molar-refractivity contribution in [2.75, 3.05) is 5.32 Å². The Morgan fingerprint density at radius 1 is 1.00 bits per heavy atom. The molecular weight excluding hydrogens is 422 g/mol. The summed E-state index contributed by atoms with van der Waals surface area (Å²) in [6, 6.07) is 4.97. The SMILES string of the molecule is O=C(Nc1cc(F)c(F)c(F)c1)c1ccc(F)c(SC2CCC3CC2C3C(=O)O)c1. The van der Waals surface area contributed by atoms with E-state index in [1.54, 1.807) is 0 Å². The lowest BCUT2D eigenvalue weighted by Gasteiger charge is -2.51. The van der Waals surface area contributed by atoms with E-state index in [2.05, 4.69) is 5.32 Å². The minimum Gasteiger partial charge on any atom is -0.481 e. The normalized spacial score (nSPS) is 24.8. The molecule has 0 saturated heterocycles. The lowest BCUT2D eigenvalue weighted by atomic mass is 9.57. The van der Waals surface area contributed by atoms with E-state index in [1.165, 1.54) is 23.9 Å². The Balaban J connectivity index is 1.50. The van der Waals surface area contributed by atoms with Crippen LogP contribution < -0.4 is 5.32 Å². The topological polar surface area (TPSA) is 66.4 Å². The van der Waals surface area contributed by atoms with Crippen molar-refractivity contribution >= 4 is 29.3 Å². The molecule has 3 saturated carbocycles. The highest BCUT2D eigenvalue weighted by Gasteiger charge is 2.52. The van der Waals surface area contributed by atoms with Gasteiger partial charge >= 0.3 is 5.97 Å². The number of hydrogen-bond donors (Lipinski definition) is 2. The first-order valence-electron chi connectivity index (χ1n) is 9.39. The summed E-state index contributed by atoms with van der Waals surface area (Å²) in [5.74, 6) is -6.88. The van der Waals surface area contributed by atoms with Gasteiger partial charge in [-0.05, 0) is 49.3 Å². The smallest absolute Gasteiger partial charge is 0.307 e. The molecule has 4 atom stereocenters. The Kier molecular flexibility index (Phi) is 5.48. The third-order valence-electron chi connectivity index (χ3n) is 5.84. The maximum atomic E-state index is 14.4. The summed E-state index contributed by atoms with van der Waals surface area (Å²) in [6.07, 6.45) is 2.35. The average molecular weight is 439 g/mol. The summed E-state index contributed by atoms with van der Waals surface area (Å²) in [5, 5.41) is 11.6. The van der Waals surface area contributed by atoms with Crippen LogP contribution in [0.5, 0.6) is 0 Å². The quantitative estimate of drug-likeness (QED) is 0.503. The predicted molar refractivity (Wildman–Crippen MR) is 102 cm³/mol. The van der Waals surface area contributed by atoms with Crippen LogP contribution in [0.2, 0.25) is 0 Å². The maximum Gasteiger partial charge on any atom is 0.307 e. The van der Waals surface area contributed by atoms with Gasteiger partial charge < -0.3 is 10.4 Å². The minimum absolute atomic E-state index is 0.0340. The predicted octanol–water partition coefficient (Wildman–Crippen LogP) is 5.09. The molecule has 0 aliphatic heterocycles. The molecule has 5 rings (SSSR count). The van der Waals surface area contributed by atoms with Crippen LogP contribution in [0.1, 0.15) is 29.6 Å². The van der Waals surface area contributed by atoms with Gasteiger partial charge in [0.05, 0.1) is 5.92 Å². The van der Waals surface area contributed by atoms with E-state index in [4.69, 9.17) is 0 Å². The Bertz CT molecular complexity index is 1010. The van der Waals surface area contributed by atoms with Gasteiger partial charge in [0.15, 0.2) is 17.5 Å². The Labute approximate surface area is 173 Å². The van der Waals surface area contributed by atoms with Gasteiger partial charge in [0.2, 0.25) is 0 Å². The van der Waals surface area contributed by atoms with Crippen LogP contribution in [0.4, 0.5) is 23.2 Å². The molecule has 0 radical (unpaired) electrons. The second-order valence-electron chi connectivity index (χ2n) is 7.61. The number of aliphatic carboxylic acids is 1. The highest BCUT2D eigenvalue weighted by molar-refractivity contribution is 8.00. The summed E-state index contributed by atoms with van der Waals surface area (Å²) < 4.78 is 54.1. The van der Waals surface area contributed by atoms with Crippen molar-refractivity contribution in [2.24, 2.45) is 17.8 Å². The van der Waals surface area contributed by atoms with Crippen LogP contribution in [0.15, 0.2) is 35.2 Å². The van der Waals surface area contributed by atoms with Crippen molar-refractivity contribution in [3.63, 3.8) is 0 Å². The van der Waals surface area contributed by atoms with Crippen LogP contribution in [0.25, 0.3) is 0 Å². The summed E-state index contributed by atoms with van der Waals surface area (Å²) in [6.45, 7) is 0. The van der Waals surface area contributed by atoms with E-state index in [9.17, 15) is 32.3 Å². The van der Waals surface area contributed by atoms with E-state index in [-0.39, 0.29) is 33.2 Å². The third kappa shape index (κ3) is 3.78. The Morgan fingerprint density at radius 2 is 1.70 bits per heavy atom. The first kappa shape index (κ1) is 20.7. The zero-order valence-corrected chi connectivity index (χ0v) is 16.3. The fourth-order valence-corrected chi connectivity index (χ4v) is 5.74. The summed E-state index contributed by atoms with van der Waals surface area (Å²) >= 11 is 1.22. The van der Waals surface area contributed by atoms with E-state index in [1.807, 2.05) is 0 Å². The number of fused-ring (bicyclic) bond motifs is 2. The molecule has 4 unspecified atom stereocenters. The van der Waals surface area contributed by atoms with E-state index in [0.717, 1.165) is 25.3 Å². The molecule has 158 valence electrons. The first-order valence-corrected chi connectivity index (χ1v) is 10.3. The number of nitrogens with one attached hydrogen (secondary N) is 1. The van der Waals surface area contributed by atoms with Crippen LogP contribution >= 0.6 is 11.8 Å². The molecule has 2 aromatic rings. The molecule has 3 aliphatic carbocycles. The standard InChI is InChI=1S/C21H17F4NO3S/c22-13-3-1-10(20(27)26-11-7-14(23)19(25)15(24)8-11)6-17(13)30-16-4-2-9-5-12(16)18(9)21(28)29/h1,3,6-9,12,16,18H,2,4-5H2,(H,26,27)(H,28,29). The number of anilines is 1. The fraction of sp³-hybridized carbons (Fsp3) is 0.333. The van der Waals surface area contributed by atoms with Crippen LogP contribution in [0.3, 0.4) is 0 Å². The number of carboxylic acid groups (broad SMARTS) is 1. The van der Waals surface area contributed by atoms with Crippen LogP contribution in [0, 0.1) is 41.0 Å². The van der Waals surface area contributed by atoms with E-state index in [0.29, 0.717) is 12.1 Å². The van der Waals surface area contributed by atoms with Crippen molar-refractivity contribution in [2.45, 2.75) is 29.4 Å². The van der Waals surface area contributed by atoms with E-state index >= 15 is 0 Å². The Hall–Kier alpha value is -2.55. The highest BCUT2D eigenvalue weighted by Crippen LogP contribution is 2.55. The summed E-state index contributed by atoms with van der Waals surface area (Å²) in [7, 11) is 0. The van der Waals surface area contributed by atoms with Crippen molar-refractivity contribution in [1.82, 2.24) is 0 Å². The molecule has 4 nitrogen and oxygen atoms in total. The summed E-state index contributed by atoms with van der Waals surface area (Å²) in [4.78, 5) is 24.1. The minimum atomic E-state index is -1.64. The number of carbonyl (C=O) groups excluding carboxylic acids is 1. The maximum absolute atomic E-state index is 14.4. The molecule has 2 N–H and O–H groups in total. The fourth-order valence-electron chi connectivity index (χ4n) is 4.33. The largest absolute Gasteiger partial charge is 0.481 e. The van der Waals surface area contributed by atoms with Crippen LogP contribution in [-0.2, 0) is 4.79 Å². The molecular formula is C21H17F4NO3S. The highest BCUT2D eigenvalue weighted by atomic mass is 32.2. The van der Waals surface area contributed by atoms with Crippen molar-refractivity contribution in [3.05, 3.63) is 59.2 Å². The number of benzene rings is 2. The Morgan fingerprint density at radius 3 is 2.33 bits per heavy atom. The summed E-state index contributed by atoms with van der Waals surface area (Å²) in [5.41, 5.74) is -0.215. The molecule has 3 aliphatic rings. The number of rotatable bonds is 5. The van der Waals surface area contributed by atoms with Crippen LogP contribution in [-0.4, -0.2) is 22.2 Å². The van der Waals surface area contributed by atoms with Gasteiger partial charge in [-0.25, -0.2) is 17.6 Å². The molecule has 2 aromatic carbocycles. The molecule has 0 spiro atoms. The number of carbonyl (C=O) groups is 2. The lowest BCUT2D eigenvalue weighted by Crippen LogP contribution is -2.51. The van der Waals surface area contributed by atoms with Gasteiger partial charge in [-0.1, -0.05) is 0 Å². The lowest BCUT2D eigenvalue weighted by molar-refractivity contribution is -0.155. The van der Waals surface area contributed by atoms with Gasteiger partial charge in [-0.2, -0.15) is 0 Å². The van der Waals surface area contributed by atoms with Gasteiger partial charge in [0, 0.05) is 33.5 Å². The second-order valence-corrected chi connectivity index (χ2v) is 8.89. The van der Waals surface area contributed by atoms with Crippen molar-refractivity contribution < 1.29 is 32.3 Å². The first-order chi connectivity index (χ1) is 14.2. The monoisotopic (exact) mass is 439 g/mol. The number of hydrogen-bond acceptors (Lipinski definition) is 3. The zero-order valence-electron chi connectivity index (χ0n) is 15.5. The molecule has 30 heavy (non-hydrogen) atoms. The molecule has 9 heteroatoms. The van der Waals surface area contributed by atoms with Gasteiger partial charge in [-0.3, -0.25) is 9.59 Å². The number of amides is 1. The molecule has 1 amide bonds. The molecule has 3 fully saturated rings. The number of thioether (sulfide) groups is 1. The third-order valence-corrected chi connectivity index (χ3v) is 7.30. The number of halogens is 4.